The first-order valence-corrected chi connectivity index (χ1v) is 7.88. The van der Waals surface area contributed by atoms with Crippen LogP contribution in [0.1, 0.15) is 38.5 Å². The first-order valence-electron chi connectivity index (χ1n) is 7.47. The molecule has 3 aliphatic rings. The Balaban J connectivity index is 1.64. The zero-order valence-electron chi connectivity index (χ0n) is 11.4. The lowest BCUT2D eigenvalue weighted by atomic mass is 9.67. The summed E-state index contributed by atoms with van der Waals surface area (Å²) in [6.45, 7) is 4.16. The highest BCUT2D eigenvalue weighted by Gasteiger charge is 2.50. The van der Waals surface area contributed by atoms with E-state index in [0.29, 0.717) is 11.0 Å². The van der Waals surface area contributed by atoms with E-state index in [9.17, 15) is 4.79 Å². The number of carbonyl (C=O) groups is 1. The number of carbonyl (C=O) groups excluding carboxylic acids is 1. The monoisotopic (exact) mass is 281 g/mol. The van der Waals surface area contributed by atoms with E-state index in [0.717, 1.165) is 38.8 Å². The summed E-state index contributed by atoms with van der Waals surface area (Å²) >= 11 is 5.15. The van der Waals surface area contributed by atoms with Crippen LogP contribution in [0.5, 0.6) is 0 Å². The Bertz CT molecular complexity index is 388. The van der Waals surface area contributed by atoms with Crippen molar-refractivity contribution in [2.45, 2.75) is 44.6 Å². The Hall–Kier alpha value is -0.680. The Labute approximate surface area is 120 Å². The Morgan fingerprint density at radius 2 is 1.84 bits per heavy atom. The Morgan fingerprint density at radius 1 is 1.16 bits per heavy atom. The summed E-state index contributed by atoms with van der Waals surface area (Å²) in [6, 6.07) is 0.565. The predicted octanol–water partition coefficient (Wildman–Crippen LogP) is 1.14. The van der Waals surface area contributed by atoms with Gasteiger partial charge in [0.25, 0.3) is 0 Å². The molecule has 5 heteroatoms. The fourth-order valence-electron chi connectivity index (χ4n) is 3.73. The van der Waals surface area contributed by atoms with Gasteiger partial charge in [0, 0.05) is 19.1 Å². The predicted molar refractivity (Wildman–Crippen MR) is 78.9 cm³/mol. The van der Waals surface area contributed by atoms with Gasteiger partial charge in [0.1, 0.15) is 0 Å². The number of hydrogen-bond acceptors (Lipinski definition) is 3. The maximum absolute atomic E-state index is 12.7. The van der Waals surface area contributed by atoms with E-state index in [2.05, 4.69) is 4.90 Å². The van der Waals surface area contributed by atoms with Crippen molar-refractivity contribution in [1.82, 2.24) is 9.80 Å². The highest BCUT2D eigenvalue weighted by Crippen LogP contribution is 2.43. The standard InChI is InChI=1S/C14H23N3OS/c15-12(19)14(5-3-6-14)13(18)17-9-4-11(10-17)16-7-1-2-8-16/h11H,1-10H2,(H2,15,19). The molecule has 0 spiro atoms. The number of amides is 1. The first-order chi connectivity index (χ1) is 9.13. The summed E-state index contributed by atoms with van der Waals surface area (Å²) in [6.07, 6.45) is 6.51. The second kappa shape index (κ2) is 5.02. The molecular formula is C14H23N3OS. The molecule has 0 aromatic carbocycles. The summed E-state index contributed by atoms with van der Waals surface area (Å²) < 4.78 is 0. The van der Waals surface area contributed by atoms with Crippen LogP contribution in [0.2, 0.25) is 0 Å². The van der Waals surface area contributed by atoms with Gasteiger partial charge in [0.2, 0.25) is 5.91 Å². The van der Waals surface area contributed by atoms with Gasteiger partial charge in [0.05, 0.1) is 10.4 Å². The van der Waals surface area contributed by atoms with E-state index >= 15 is 0 Å². The minimum atomic E-state index is -0.491. The van der Waals surface area contributed by atoms with Crippen LogP contribution in [0, 0.1) is 5.41 Å². The first kappa shape index (κ1) is 13.3. The van der Waals surface area contributed by atoms with Gasteiger partial charge in [0.15, 0.2) is 0 Å². The summed E-state index contributed by atoms with van der Waals surface area (Å²) in [7, 11) is 0. The maximum atomic E-state index is 12.7. The molecule has 2 saturated heterocycles. The average Bonchev–Trinajstić information content (AvgIpc) is 2.98. The van der Waals surface area contributed by atoms with Crippen LogP contribution >= 0.6 is 12.2 Å². The molecule has 4 nitrogen and oxygen atoms in total. The van der Waals surface area contributed by atoms with Crippen molar-refractivity contribution in [3.8, 4) is 0 Å². The van der Waals surface area contributed by atoms with Crippen LogP contribution in [0.3, 0.4) is 0 Å². The van der Waals surface area contributed by atoms with Crippen molar-refractivity contribution in [1.29, 1.82) is 0 Å². The highest BCUT2D eigenvalue weighted by atomic mass is 32.1. The molecule has 2 N–H and O–H groups in total. The number of rotatable bonds is 3. The molecule has 2 heterocycles. The minimum Gasteiger partial charge on any atom is -0.392 e. The van der Waals surface area contributed by atoms with Crippen molar-refractivity contribution in [3.63, 3.8) is 0 Å². The average molecular weight is 281 g/mol. The second-order valence-corrected chi connectivity index (χ2v) is 6.68. The van der Waals surface area contributed by atoms with Crippen molar-refractivity contribution >= 4 is 23.1 Å². The number of nitrogens with two attached hydrogens (primary N) is 1. The van der Waals surface area contributed by atoms with E-state index in [1.165, 1.54) is 25.9 Å². The van der Waals surface area contributed by atoms with Crippen LogP contribution in [0.15, 0.2) is 0 Å². The molecule has 19 heavy (non-hydrogen) atoms. The molecule has 3 rings (SSSR count). The van der Waals surface area contributed by atoms with Crippen molar-refractivity contribution < 1.29 is 4.79 Å². The number of hydrogen-bond donors (Lipinski definition) is 1. The summed E-state index contributed by atoms with van der Waals surface area (Å²) in [5, 5.41) is 0. The molecule has 1 unspecified atom stereocenters. The molecule has 1 amide bonds. The third-order valence-electron chi connectivity index (χ3n) is 5.20. The maximum Gasteiger partial charge on any atom is 0.235 e. The molecule has 2 aliphatic heterocycles. The van der Waals surface area contributed by atoms with Gasteiger partial charge in [-0.2, -0.15) is 0 Å². The Morgan fingerprint density at radius 3 is 2.37 bits per heavy atom. The van der Waals surface area contributed by atoms with E-state index in [1.54, 1.807) is 0 Å². The smallest absolute Gasteiger partial charge is 0.235 e. The quantitative estimate of drug-likeness (QED) is 0.788. The lowest BCUT2D eigenvalue weighted by Crippen LogP contribution is -2.54. The summed E-state index contributed by atoms with van der Waals surface area (Å²) in [5.41, 5.74) is 5.34. The number of likely N-dealkylation sites (tertiary alicyclic amines) is 2. The van der Waals surface area contributed by atoms with Crippen LogP contribution in [-0.4, -0.2) is 52.9 Å². The van der Waals surface area contributed by atoms with Gasteiger partial charge in [-0.25, -0.2) is 0 Å². The molecule has 0 bridgehead atoms. The van der Waals surface area contributed by atoms with Crippen LogP contribution in [0.25, 0.3) is 0 Å². The molecule has 0 radical (unpaired) electrons. The van der Waals surface area contributed by atoms with E-state index in [1.807, 2.05) is 4.90 Å². The minimum absolute atomic E-state index is 0.202. The molecule has 0 aromatic heterocycles. The molecule has 0 aromatic rings. The zero-order valence-corrected chi connectivity index (χ0v) is 12.3. The van der Waals surface area contributed by atoms with Gasteiger partial charge in [-0.05, 0) is 45.2 Å². The normalized spacial score (nSPS) is 30.3. The van der Waals surface area contributed by atoms with Crippen molar-refractivity contribution in [3.05, 3.63) is 0 Å². The van der Waals surface area contributed by atoms with Crippen molar-refractivity contribution in [2.75, 3.05) is 26.2 Å². The third kappa shape index (κ3) is 2.17. The third-order valence-corrected chi connectivity index (χ3v) is 5.59. The largest absolute Gasteiger partial charge is 0.392 e. The molecule has 1 aliphatic carbocycles. The lowest BCUT2D eigenvalue weighted by molar-refractivity contribution is -0.141. The van der Waals surface area contributed by atoms with E-state index in [4.69, 9.17) is 18.0 Å². The van der Waals surface area contributed by atoms with Crippen LogP contribution < -0.4 is 5.73 Å². The molecular weight excluding hydrogens is 258 g/mol. The van der Waals surface area contributed by atoms with Gasteiger partial charge in [-0.1, -0.05) is 18.6 Å². The molecule has 106 valence electrons. The van der Waals surface area contributed by atoms with Crippen LogP contribution in [0.4, 0.5) is 0 Å². The van der Waals surface area contributed by atoms with Gasteiger partial charge in [-0.15, -0.1) is 0 Å². The van der Waals surface area contributed by atoms with Crippen molar-refractivity contribution in [2.24, 2.45) is 11.1 Å². The second-order valence-electron chi connectivity index (χ2n) is 6.24. The lowest BCUT2D eigenvalue weighted by Gasteiger charge is -2.41. The fourth-order valence-corrected chi connectivity index (χ4v) is 4.02. The van der Waals surface area contributed by atoms with Gasteiger partial charge < -0.3 is 10.6 Å². The van der Waals surface area contributed by atoms with Gasteiger partial charge in [-0.3, -0.25) is 9.69 Å². The topological polar surface area (TPSA) is 49.6 Å². The SMILES string of the molecule is NC(=S)C1(C(=O)N2CCC(N3CCCC3)C2)CCC1. The molecule has 1 saturated carbocycles. The van der Waals surface area contributed by atoms with Gasteiger partial charge >= 0.3 is 0 Å². The summed E-state index contributed by atoms with van der Waals surface area (Å²) in [5.74, 6) is 0.202. The van der Waals surface area contributed by atoms with Crippen LogP contribution in [-0.2, 0) is 4.79 Å². The highest BCUT2D eigenvalue weighted by molar-refractivity contribution is 7.80. The molecule has 1 atom stereocenters. The molecule has 3 fully saturated rings. The van der Waals surface area contributed by atoms with E-state index in [-0.39, 0.29) is 5.91 Å². The number of nitrogens with zero attached hydrogens (tertiary/aromatic N) is 2. The fraction of sp³-hybridized carbons (Fsp3) is 0.857. The number of thiocarbonyl (C=S) groups is 1. The van der Waals surface area contributed by atoms with E-state index < -0.39 is 5.41 Å². The Kier molecular flexibility index (Phi) is 3.52. The zero-order chi connectivity index (χ0) is 13.5. The summed E-state index contributed by atoms with van der Waals surface area (Å²) in [4.78, 5) is 17.7.